The molecule has 2 aromatic carbocycles. The number of rotatable bonds is 9. The van der Waals surface area contributed by atoms with Crippen molar-refractivity contribution in [2.75, 3.05) is 7.11 Å². The van der Waals surface area contributed by atoms with Gasteiger partial charge in [-0.1, -0.05) is 50.0 Å². The quantitative estimate of drug-likeness (QED) is 0.188. The van der Waals surface area contributed by atoms with Crippen molar-refractivity contribution in [2.24, 2.45) is 16.3 Å². The van der Waals surface area contributed by atoms with Crippen molar-refractivity contribution in [2.45, 2.75) is 53.2 Å². The fourth-order valence-electron chi connectivity index (χ4n) is 5.11. The molecular weight excluding hydrogens is 591 g/mol. The maximum absolute atomic E-state index is 13.5. The van der Waals surface area contributed by atoms with Crippen molar-refractivity contribution >= 4 is 51.7 Å². The predicted molar refractivity (Wildman–Crippen MR) is 170 cm³/mol. The van der Waals surface area contributed by atoms with Crippen molar-refractivity contribution in [3.8, 4) is 11.5 Å². The van der Waals surface area contributed by atoms with E-state index < -0.39 is 0 Å². The van der Waals surface area contributed by atoms with Gasteiger partial charge in [0.25, 0.3) is 5.91 Å². The summed E-state index contributed by atoms with van der Waals surface area (Å²) in [5.74, 6) is 2.31. The molecule has 0 radical (unpaired) electrons. The summed E-state index contributed by atoms with van der Waals surface area (Å²) in [6.07, 6.45) is 6.25. The highest BCUT2D eigenvalue weighted by molar-refractivity contribution is 7.16. The molecule has 2 heterocycles. The highest BCUT2D eigenvalue weighted by Crippen LogP contribution is 2.45. The van der Waals surface area contributed by atoms with E-state index in [0.717, 1.165) is 36.0 Å². The monoisotopic (exact) mass is 624 g/mol. The molecule has 1 aliphatic rings. The molecule has 5 rings (SSSR count). The van der Waals surface area contributed by atoms with Gasteiger partial charge in [0, 0.05) is 11.1 Å². The Kier molecular flexibility index (Phi) is 9.31. The molecular formula is C33H34Cl2N2O4S. The van der Waals surface area contributed by atoms with Crippen LogP contribution in [0.4, 0.5) is 5.00 Å². The number of benzene rings is 2. The van der Waals surface area contributed by atoms with E-state index in [2.05, 4.69) is 26.1 Å². The molecule has 1 atom stereocenters. The Hall–Kier alpha value is -3.26. The fourth-order valence-corrected chi connectivity index (χ4v) is 6.70. The van der Waals surface area contributed by atoms with Gasteiger partial charge >= 0.3 is 0 Å². The molecule has 9 heteroatoms. The van der Waals surface area contributed by atoms with Gasteiger partial charge in [0.2, 0.25) is 0 Å². The van der Waals surface area contributed by atoms with Gasteiger partial charge in [-0.25, -0.2) is 4.99 Å². The van der Waals surface area contributed by atoms with Crippen LogP contribution in [0.1, 0.15) is 64.9 Å². The number of halogens is 2. The molecule has 42 heavy (non-hydrogen) atoms. The molecule has 0 saturated carbocycles. The average Bonchev–Trinajstić information content (AvgIpc) is 3.62. The molecule has 0 saturated heterocycles. The van der Waals surface area contributed by atoms with Gasteiger partial charge in [-0.05, 0) is 89.8 Å². The van der Waals surface area contributed by atoms with Crippen molar-refractivity contribution in [1.29, 1.82) is 0 Å². The second-order valence-electron chi connectivity index (χ2n) is 11.5. The minimum Gasteiger partial charge on any atom is -0.493 e. The number of thiophene rings is 1. The van der Waals surface area contributed by atoms with Crippen LogP contribution >= 0.6 is 34.5 Å². The second-order valence-corrected chi connectivity index (χ2v) is 13.4. The van der Waals surface area contributed by atoms with Crippen LogP contribution in [0.15, 0.2) is 64.2 Å². The van der Waals surface area contributed by atoms with Crippen LogP contribution in [0.25, 0.3) is 0 Å². The number of ether oxygens (including phenoxy) is 2. The zero-order valence-corrected chi connectivity index (χ0v) is 26.5. The Morgan fingerprint density at radius 2 is 1.98 bits per heavy atom. The lowest BCUT2D eigenvalue weighted by Gasteiger charge is -2.33. The number of nitrogens with one attached hydrogen (secondary N) is 1. The van der Waals surface area contributed by atoms with E-state index in [0.29, 0.717) is 56.9 Å². The van der Waals surface area contributed by atoms with Gasteiger partial charge in [-0.15, -0.1) is 11.3 Å². The van der Waals surface area contributed by atoms with Crippen molar-refractivity contribution < 1.29 is 18.7 Å². The Bertz CT molecular complexity index is 1590. The number of methoxy groups -OCH3 is 1. The molecule has 0 bridgehead atoms. The topological polar surface area (TPSA) is 73.1 Å². The van der Waals surface area contributed by atoms with Crippen LogP contribution in [0.3, 0.4) is 0 Å². The summed E-state index contributed by atoms with van der Waals surface area (Å²) in [6.45, 7) is 7.51. The zero-order chi connectivity index (χ0) is 29.9. The second kappa shape index (κ2) is 12.9. The SMILES string of the molecule is COc1cc(C=Nc2sc3c(c2C(=O)NCc2ccco2)CC[C@@H](C(C)(C)C)C3)ccc1OCc1ccc(Cl)c(Cl)c1. The molecule has 0 fully saturated rings. The van der Waals surface area contributed by atoms with E-state index in [1.54, 1.807) is 43.1 Å². The molecule has 0 unspecified atom stereocenters. The summed E-state index contributed by atoms with van der Waals surface area (Å²) in [5.41, 5.74) is 3.71. The summed E-state index contributed by atoms with van der Waals surface area (Å²) in [7, 11) is 1.60. The summed E-state index contributed by atoms with van der Waals surface area (Å²) in [6, 6.07) is 14.7. The summed E-state index contributed by atoms with van der Waals surface area (Å²) >= 11 is 13.8. The van der Waals surface area contributed by atoms with Crippen LogP contribution < -0.4 is 14.8 Å². The number of hydrogen-bond donors (Lipinski definition) is 1. The molecule has 1 amide bonds. The number of nitrogens with zero attached hydrogens (tertiary/aromatic N) is 1. The molecule has 220 valence electrons. The minimum absolute atomic E-state index is 0.131. The smallest absolute Gasteiger partial charge is 0.255 e. The van der Waals surface area contributed by atoms with Crippen LogP contribution in [0, 0.1) is 11.3 Å². The maximum Gasteiger partial charge on any atom is 0.255 e. The largest absolute Gasteiger partial charge is 0.493 e. The summed E-state index contributed by atoms with van der Waals surface area (Å²) in [4.78, 5) is 19.6. The van der Waals surface area contributed by atoms with Gasteiger partial charge < -0.3 is 19.2 Å². The van der Waals surface area contributed by atoms with Gasteiger partial charge in [-0.2, -0.15) is 0 Å². The number of aliphatic imine (C=N–C) groups is 1. The number of carbonyl (C=O) groups excluding carboxylic acids is 1. The first-order valence-electron chi connectivity index (χ1n) is 13.9. The Morgan fingerprint density at radius 3 is 2.69 bits per heavy atom. The third-order valence-corrected chi connectivity index (χ3v) is 9.50. The molecule has 1 N–H and O–H groups in total. The summed E-state index contributed by atoms with van der Waals surface area (Å²) in [5, 5.41) is 4.72. The van der Waals surface area contributed by atoms with Gasteiger partial charge in [0.15, 0.2) is 11.5 Å². The lowest BCUT2D eigenvalue weighted by atomic mass is 9.72. The number of amides is 1. The standard InChI is InChI=1S/C33H34Cl2N2O4S/c1-33(2,3)22-9-10-24-29(16-22)42-32(30(24)31(38)36-18-23-6-5-13-40-23)37-17-20-8-12-27(28(15-20)39-4)41-19-21-7-11-25(34)26(35)14-21/h5-8,11-15,17,22H,9-10,16,18-19H2,1-4H3,(H,36,38)/t22-/m1/s1. The van der Waals surface area contributed by atoms with E-state index in [1.165, 1.54) is 4.88 Å². The first-order valence-corrected chi connectivity index (χ1v) is 15.4. The van der Waals surface area contributed by atoms with E-state index in [-0.39, 0.29) is 11.3 Å². The van der Waals surface area contributed by atoms with Crippen molar-refractivity contribution in [3.63, 3.8) is 0 Å². The van der Waals surface area contributed by atoms with Crippen molar-refractivity contribution in [3.05, 3.63) is 97.7 Å². The third-order valence-electron chi connectivity index (χ3n) is 7.60. The van der Waals surface area contributed by atoms with Crippen LogP contribution in [-0.2, 0) is 26.0 Å². The first-order chi connectivity index (χ1) is 20.1. The highest BCUT2D eigenvalue weighted by Gasteiger charge is 2.33. The van der Waals surface area contributed by atoms with Gasteiger partial charge in [0.1, 0.15) is 17.4 Å². The number of furan rings is 1. The molecule has 4 aromatic rings. The third kappa shape index (κ3) is 7.02. The van der Waals surface area contributed by atoms with E-state index in [4.69, 9.17) is 42.1 Å². The lowest BCUT2D eigenvalue weighted by Crippen LogP contribution is -2.28. The Morgan fingerprint density at radius 1 is 1.14 bits per heavy atom. The fraction of sp³-hybridized carbons (Fsp3) is 0.333. The minimum atomic E-state index is -0.131. The first kappa shape index (κ1) is 30.2. The van der Waals surface area contributed by atoms with Gasteiger partial charge in [0.05, 0.1) is 35.5 Å². The van der Waals surface area contributed by atoms with Crippen LogP contribution in [-0.4, -0.2) is 19.2 Å². The number of carbonyl (C=O) groups is 1. The van der Waals surface area contributed by atoms with Gasteiger partial charge in [-0.3, -0.25) is 4.79 Å². The van der Waals surface area contributed by atoms with E-state index >= 15 is 0 Å². The molecule has 0 spiro atoms. The number of hydrogen-bond acceptors (Lipinski definition) is 6. The van der Waals surface area contributed by atoms with Crippen LogP contribution in [0.2, 0.25) is 10.0 Å². The van der Waals surface area contributed by atoms with Crippen LogP contribution in [0.5, 0.6) is 11.5 Å². The van der Waals surface area contributed by atoms with Crippen molar-refractivity contribution in [1.82, 2.24) is 5.32 Å². The average molecular weight is 626 g/mol. The lowest BCUT2D eigenvalue weighted by molar-refractivity contribution is 0.0947. The normalized spacial score (nSPS) is 15.0. The van der Waals surface area contributed by atoms with E-state index in [1.807, 2.05) is 36.4 Å². The molecule has 1 aliphatic carbocycles. The highest BCUT2D eigenvalue weighted by atomic mass is 35.5. The molecule has 2 aromatic heterocycles. The summed E-state index contributed by atoms with van der Waals surface area (Å²) < 4.78 is 17.0. The molecule has 0 aliphatic heterocycles. The molecule has 6 nitrogen and oxygen atoms in total. The zero-order valence-electron chi connectivity index (χ0n) is 24.1. The van der Waals surface area contributed by atoms with E-state index in [9.17, 15) is 4.79 Å². The Balaban J connectivity index is 1.38. The Labute approximate surface area is 260 Å². The predicted octanol–water partition coefficient (Wildman–Crippen LogP) is 9.07. The number of fused-ring (bicyclic) bond motifs is 1. The maximum atomic E-state index is 13.5.